The summed E-state index contributed by atoms with van der Waals surface area (Å²) in [6.45, 7) is 3.32. The van der Waals surface area contributed by atoms with Gasteiger partial charge in [0.05, 0.1) is 22.6 Å². The van der Waals surface area contributed by atoms with Gasteiger partial charge < -0.3 is 15.0 Å². The highest BCUT2D eigenvalue weighted by atomic mass is 32.2. The zero-order chi connectivity index (χ0) is 30.0. The number of carbonyl (C=O) groups is 2. The summed E-state index contributed by atoms with van der Waals surface area (Å²) in [5.74, 6) is -0.430. The van der Waals surface area contributed by atoms with Gasteiger partial charge in [0, 0.05) is 25.2 Å². The fourth-order valence-electron chi connectivity index (χ4n) is 4.06. The number of methoxy groups -OCH3 is 1. The number of hydrogen-bond donors (Lipinski definition) is 1. The van der Waals surface area contributed by atoms with Crippen LogP contribution in [-0.4, -0.2) is 56.3 Å². The van der Waals surface area contributed by atoms with Crippen molar-refractivity contribution in [1.82, 2.24) is 10.2 Å². The molecule has 2 amide bonds. The van der Waals surface area contributed by atoms with Gasteiger partial charge in [0.1, 0.15) is 18.3 Å². The van der Waals surface area contributed by atoms with Crippen LogP contribution in [-0.2, 0) is 26.2 Å². The number of non-ortho nitro benzene ring substituents is 1. The topological polar surface area (TPSA) is 139 Å². The van der Waals surface area contributed by atoms with E-state index < -0.39 is 33.4 Å². The van der Waals surface area contributed by atoms with Crippen LogP contribution in [0.2, 0.25) is 0 Å². The van der Waals surface area contributed by atoms with Crippen molar-refractivity contribution in [1.29, 1.82) is 0 Å². The number of hydrogen-bond acceptors (Lipinski definition) is 7. The fraction of sp³-hybridized carbons (Fsp3) is 0.310. The van der Waals surface area contributed by atoms with E-state index >= 15 is 0 Å². The van der Waals surface area contributed by atoms with Crippen molar-refractivity contribution < 1.29 is 27.7 Å². The van der Waals surface area contributed by atoms with Gasteiger partial charge in [-0.2, -0.15) is 0 Å². The van der Waals surface area contributed by atoms with Crippen LogP contribution >= 0.6 is 0 Å². The Morgan fingerprint density at radius 2 is 1.71 bits per heavy atom. The first-order valence-electron chi connectivity index (χ1n) is 13.1. The molecule has 0 saturated carbocycles. The van der Waals surface area contributed by atoms with Gasteiger partial charge in [-0.1, -0.05) is 49.7 Å². The third kappa shape index (κ3) is 8.04. The number of carbonyl (C=O) groups excluding carboxylic acids is 2. The van der Waals surface area contributed by atoms with Crippen molar-refractivity contribution in [2.75, 3.05) is 24.5 Å². The first-order valence-corrected chi connectivity index (χ1v) is 14.5. The number of nitro groups is 1. The second-order valence-electron chi connectivity index (χ2n) is 9.29. The molecule has 0 aliphatic heterocycles. The SMILES string of the molecule is CCCCNC(=O)[C@@H](C)N(Cc1ccc(OC)cc1)C(=O)CN(c1cccc([N+](=O)[O-])c1)S(=O)(=O)c1ccccc1. The van der Waals surface area contributed by atoms with Gasteiger partial charge in [-0.25, -0.2) is 8.42 Å². The molecule has 1 atom stereocenters. The van der Waals surface area contributed by atoms with Gasteiger partial charge in [-0.15, -0.1) is 0 Å². The molecule has 41 heavy (non-hydrogen) atoms. The molecule has 1 N–H and O–H groups in total. The van der Waals surface area contributed by atoms with Crippen molar-refractivity contribution >= 4 is 33.2 Å². The molecule has 0 radical (unpaired) electrons. The van der Waals surface area contributed by atoms with Crippen LogP contribution in [0.3, 0.4) is 0 Å². The van der Waals surface area contributed by atoms with Crippen LogP contribution in [0.5, 0.6) is 5.75 Å². The minimum atomic E-state index is -4.32. The van der Waals surface area contributed by atoms with Crippen LogP contribution in [0.25, 0.3) is 0 Å². The maximum atomic E-state index is 13.9. The number of benzene rings is 3. The molecule has 3 aromatic carbocycles. The zero-order valence-corrected chi connectivity index (χ0v) is 24.0. The van der Waals surface area contributed by atoms with E-state index in [4.69, 9.17) is 4.74 Å². The molecule has 3 aromatic rings. The molecule has 11 nitrogen and oxygen atoms in total. The second-order valence-corrected chi connectivity index (χ2v) is 11.2. The van der Waals surface area contributed by atoms with Crippen molar-refractivity contribution in [2.45, 2.75) is 44.2 Å². The molecule has 0 heterocycles. The number of anilines is 1. The Hall–Kier alpha value is -4.45. The minimum Gasteiger partial charge on any atom is -0.497 e. The van der Waals surface area contributed by atoms with Crippen molar-refractivity contribution in [3.8, 4) is 5.75 Å². The lowest BCUT2D eigenvalue weighted by atomic mass is 10.1. The maximum absolute atomic E-state index is 13.9. The summed E-state index contributed by atoms with van der Waals surface area (Å²) in [4.78, 5) is 38.9. The van der Waals surface area contributed by atoms with E-state index in [1.54, 1.807) is 49.4 Å². The monoisotopic (exact) mass is 582 g/mol. The van der Waals surface area contributed by atoms with Crippen LogP contribution in [0.15, 0.2) is 83.8 Å². The smallest absolute Gasteiger partial charge is 0.271 e. The Morgan fingerprint density at radius 1 is 1.02 bits per heavy atom. The molecule has 0 spiro atoms. The number of ether oxygens (including phenoxy) is 1. The normalized spacial score (nSPS) is 11.8. The number of sulfonamides is 1. The van der Waals surface area contributed by atoms with Crippen LogP contribution in [0, 0.1) is 10.1 Å². The highest BCUT2D eigenvalue weighted by Crippen LogP contribution is 2.27. The summed E-state index contributed by atoms with van der Waals surface area (Å²) in [5, 5.41) is 14.3. The summed E-state index contributed by atoms with van der Waals surface area (Å²) in [6, 6.07) is 18.6. The molecule has 0 fully saturated rings. The molecule has 0 bridgehead atoms. The van der Waals surface area contributed by atoms with Crippen LogP contribution < -0.4 is 14.4 Å². The predicted octanol–water partition coefficient (Wildman–Crippen LogP) is 4.13. The van der Waals surface area contributed by atoms with Gasteiger partial charge in [-0.05, 0) is 49.2 Å². The number of nitro benzene ring substituents is 1. The van der Waals surface area contributed by atoms with E-state index in [9.17, 15) is 28.1 Å². The summed E-state index contributed by atoms with van der Waals surface area (Å²) >= 11 is 0. The molecule has 0 aromatic heterocycles. The number of rotatable bonds is 14. The second kappa shape index (κ2) is 14.3. The van der Waals surface area contributed by atoms with E-state index in [0.717, 1.165) is 23.2 Å². The van der Waals surface area contributed by atoms with Gasteiger partial charge in [-0.3, -0.25) is 24.0 Å². The van der Waals surface area contributed by atoms with E-state index in [1.807, 2.05) is 6.92 Å². The Balaban J connectivity index is 2.02. The summed E-state index contributed by atoms with van der Waals surface area (Å²) in [6.07, 6.45) is 1.64. The first-order chi connectivity index (χ1) is 19.6. The average molecular weight is 583 g/mol. The molecule has 0 aliphatic carbocycles. The number of amides is 2. The summed E-state index contributed by atoms with van der Waals surface area (Å²) in [5.41, 5.74) is 0.308. The van der Waals surface area contributed by atoms with E-state index in [-0.39, 0.29) is 28.7 Å². The minimum absolute atomic E-state index is 0.0132. The lowest BCUT2D eigenvalue weighted by Gasteiger charge is -2.32. The third-order valence-electron chi connectivity index (χ3n) is 6.45. The van der Waals surface area contributed by atoms with Crippen LogP contribution in [0.4, 0.5) is 11.4 Å². The molecule has 12 heteroatoms. The standard InChI is InChI=1S/C29H34N4O7S/c1-4-5-18-30-29(35)22(2)31(20-23-14-16-26(40-3)17-15-23)28(34)21-32(24-10-9-11-25(19-24)33(36)37)41(38,39)27-12-7-6-8-13-27/h6-17,19,22H,4-5,18,20-21H2,1-3H3,(H,30,35)/t22-/m1/s1. The van der Waals surface area contributed by atoms with Crippen molar-refractivity contribution in [2.24, 2.45) is 0 Å². The number of nitrogens with one attached hydrogen (secondary N) is 1. The first kappa shape index (κ1) is 31.1. The molecule has 0 saturated heterocycles. The molecular weight excluding hydrogens is 548 g/mol. The Labute approximate surface area is 239 Å². The predicted molar refractivity (Wildman–Crippen MR) is 155 cm³/mol. The maximum Gasteiger partial charge on any atom is 0.271 e. The molecule has 3 rings (SSSR count). The van der Waals surface area contributed by atoms with Crippen LogP contribution in [0.1, 0.15) is 32.3 Å². The highest BCUT2D eigenvalue weighted by molar-refractivity contribution is 7.92. The fourth-order valence-corrected chi connectivity index (χ4v) is 5.48. The highest BCUT2D eigenvalue weighted by Gasteiger charge is 2.33. The van der Waals surface area contributed by atoms with Gasteiger partial charge in [0.2, 0.25) is 11.8 Å². The van der Waals surface area contributed by atoms with E-state index in [1.165, 1.54) is 42.3 Å². The quantitative estimate of drug-likeness (QED) is 0.171. The van der Waals surface area contributed by atoms with Crippen molar-refractivity contribution in [3.05, 3.63) is 94.5 Å². The molecule has 0 aliphatic rings. The number of unbranched alkanes of at least 4 members (excludes halogenated alkanes) is 1. The van der Waals surface area contributed by atoms with E-state index in [0.29, 0.717) is 17.9 Å². The van der Waals surface area contributed by atoms with Gasteiger partial charge in [0.25, 0.3) is 15.7 Å². The molecule has 218 valence electrons. The zero-order valence-electron chi connectivity index (χ0n) is 23.2. The summed E-state index contributed by atoms with van der Waals surface area (Å²) in [7, 11) is -2.79. The Bertz CT molecular complexity index is 1450. The molecular formula is C29H34N4O7S. The average Bonchev–Trinajstić information content (AvgIpc) is 2.99. The third-order valence-corrected chi connectivity index (χ3v) is 8.24. The Kier molecular flexibility index (Phi) is 10.8. The lowest BCUT2D eigenvalue weighted by molar-refractivity contribution is -0.384. The summed E-state index contributed by atoms with van der Waals surface area (Å²) < 4.78 is 33.6. The van der Waals surface area contributed by atoms with Gasteiger partial charge in [0.15, 0.2) is 0 Å². The Morgan fingerprint density at radius 3 is 2.32 bits per heavy atom. The van der Waals surface area contributed by atoms with Gasteiger partial charge >= 0.3 is 0 Å². The van der Waals surface area contributed by atoms with E-state index in [2.05, 4.69) is 5.32 Å². The molecule has 0 unspecified atom stereocenters. The van der Waals surface area contributed by atoms with Crippen molar-refractivity contribution in [3.63, 3.8) is 0 Å². The number of nitrogens with zero attached hydrogens (tertiary/aromatic N) is 3. The largest absolute Gasteiger partial charge is 0.497 e. The lowest BCUT2D eigenvalue weighted by Crippen LogP contribution is -2.51.